The molecule has 0 N–H and O–H groups in total. The Bertz CT molecular complexity index is 242. The molecule has 1 heteroatoms. The van der Waals surface area contributed by atoms with Gasteiger partial charge in [0.25, 0.3) is 0 Å². The van der Waals surface area contributed by atoms with Crippen LogP contribution in [0.4, 0.5) is 0 Å². The SMILES string of the molecule is CCCCCCCCCCCCC(CCC)C(P)(CCC)CCC. The van der Waals surface area contributed by atoms with Crippen LogP contribution in [0.3, 0.4) is 0 Å². The van der Waals surface area contributed by atoms with Crippen LogP contribution in [0.15, 0.2) is 0 Å². The third-order valence-corrected chi connectivity index (χ3v) is 6.84. The molecule has 0 bridgehead atoms. The van der Waals surface area contributed by atoms with Crippen LogP contribution in [0.2, 0.25) is 0 Å². The van der Waals surface area contributed by atoms with Gasteiger partial charge in [0, 0.05) is 0 Å². The molecule has 0 saturated carbocycles. The van der Waals surface area contributed by atoms with Crippen molar-refractivity contribution in [3.05, 3.63) is 0 Å². The van der Waals surface area contributed by atoms with Crippen molar-refractivity contribution in [2.24, 2.45) is 5.92 Å². The van der Waals surface area contributed by atoms with Crippen molar-refractivity contribution in [3.63, 3.8) is 0 Å². The van der Waals surface area contributed by atoms with Gasteiger partial charge in [-0.05, 0) is 36.8 Å². The van der Waals surface area contributed by atoms with Crippen LogP contribution in [0.1, 0.15) is 137 Å². The molecule has 0 aromatic heterocycles. The van der Waals surface area contributed by atoms with Gasteiger partial charge in [-0.15, -0.1) is 9.24 Å². The van der Waals surface area contributed by atoms with Gasteiger partial charge in [-0.25, -0.2) is 0 Å². The molecule has 2 unspecified atom stereocenters. The topological polar surface area (TPSA) is 0 Å². The zero-order chi connectivity index (χ0) is 18.1. The van der Waals surface area contributed by atoms with Gasteiger partial charge < -0.3 is 0 Å². The average molecular weight is 357 g/mol. The molecule has 0 aliphatic heterocycles. The number of rotatable bonds is 18. The molecule has 0 nitrogen and oxygen atoms in total. The van der Waals surface area contributed by atoms with Crippen molar-refractivity contribution in [1.82, 2.24) is 0 Å². The minimum Gasteiger partial charge on any atom is -0.131 e. The predicted molar refractivity (Wildman–Crippen MR) is 117 cm³/mol. The van der Waals surface area contributed by atoms with E-state index in [0.717, 1.165) is 5.92 Å². The fraction of sp³-hybridized carbons (Fsp3) is 1.00. The van der Waals surface area contributed by atoms with E-state index in [9.17, 15) is 0 Å². The number of hydrogen-bond acceptors (Lipinski definition) is 0. The fourth-order valence-corrected chi connectivity index (χ4v) is 5.32. The molecular formula is C23H49P. The minimum atomic E-state index is 0.527. The third-order valence-electron chi connectivity index (χ3n) is 5.79. The molecule has 2 atom stereocenters. The first kappa shape index (κ1) is 24.4. The van der Waals surface area contributed by atoms with Crippen LogP contribution >= 0.6 is 9.24 Å². The Kier molecular flexibility index (Phi) is 17.2. The molecule has 0 fully saturated rings. The molecule has 0 aromatic carbocycles. The lowest BCUT2D eigenvalue weighted by molar-refractivity contribution is 0.284. The molecule has 0 aliphatic rings. The zero-order valence-corrected chi connectivity index (χ0v) is 18.8. The molecule has 0 aromatic rings. The summed E-state index contributed by atoms with van der Waals surface area (Å²) in [4.78, 5) is 0. The second-order valence-electron chi connectivity index (χ2n) is 8.19. The van der Waals surface area contributed by atoms with Crippen LogP contribution in [-0.4, -0.2) is 5.16 Å². The molecule has 0 rings (SSSR count). The Morgan fingerprint density at radius 1 is 0.542 bits per heavy atom. The summed E-state index contributed by atoms with van der Waals surface area (Å²) in [5.41, 5.74) is 0. The van der Waals surface area contributed by atoms with Crippen molar-refractivity contribution in [1.29, 1.82) is 0 Å². The predicted octanol–water partition coefficient (Wildman–Crippen LogP) is 8.93. The average Bonchev–Trinajstić information content (AvgIpc) is 2.56. The summed E-state index contributed by atoms with van der Waals surface area (Å²) in [6.07, 6.45) is 24.3. The van der Waals surface area contributed by atoms with Gasteiger partial charge in [-0.2, -0.15) is 0 Å². The highest BCUT2D eigenvalue weighted by Gasteiger charge is 2.31. The van der Waals surface area contributed by atoms with Crippen LogP contribution in [-0.2, 0) is 0 Å². The summed E-state index contributed by atoms with van der Waals surface area (Å²) in [7, 11) is 3.31. The van der Waals surface area contributed by atoms with Gasteiger partial charge in [-0.1, -0.05) is 111 Å². The summed E-state index contributed by atoms with van der Waals surface area (Å²) in [6.45, 7) is 9.39. The smallest absolute Gasteiger partial charge is 0.0122 e. The maximum atomic E-state index is 3.31. The lowest BCUT2D eigenvalue weighted by Gasteiger charge is -2.38. The van der Waals surface area contributed by atoms with Crippen LogP contribution < -0.4 is 0 Å². The second kappa shape index (κ2) is 16.9. The zero-order valence-electron chi connectivity index (χ0n) is 17.7. The molecule has 146 valence electrons. The standard InChI is InChI=1S/C23H49P/c1-5-9-10-11-12-13-14-15-16-17-19-22(18-6-2)23(24,20-7-3)21-8-4/h22H,5-21,24H2,1-4H3. The van der Waals surface area contributed by atoms with E-state index in [-0.39, 0.29) is 0 Å². The fourth-order valence-electron chi connectivity index (χ4n) is 4.41. The third kappa shape index (κ3) is 11.9. The summed E-state index contributed by atoms with van der Waals surface area (Å²) in [5.74, 6) is 0.932. The van der Waals surface area contributed by atoms with E-state index in [0.29, 0.717) is 5.16 Å². The van der Waals surface area contributed by atoms with Gasteiger partial charge in [0.05, 0.1) is 0 Å². The molecular weight excluding hydrogens is 307 g/mol. The van der Waals surface area contributed by atoms with E-state index >= 15 is 0 Å². The van der Waals surface area contributed by atoms with Crippen molar-refractivity contribution >= 4 is 9.24 Å². The first-order valence-corrected chi connectivity index (χ1v) is 12.0. The van der Waals surface area contributed by atoms with Gasteiger partial charge in [-0.3, -0.25) is 0 Å². The monoisotopic (exact) mass is 356 g/mol. The Balaban J connectivity index is 3.92. The Hall–Kier alpha value is 0.430. The number of hydrogen-bond donors (Lipinski definition) is 0. The van der Waals surface area contributed by atoms with E-state index in [4.69, 9.17) is 0 Å². The van der Waals surface area contributed by atoms with E-state index in [1.165, 1.54) is 109 Å². The van der Waals surface area contributed by atoms with Crippen LogP contribution in [0.25, 0.3) is 0 Å². The van der Waals surface area contributed by atoms with E-state index in [2.05, 4.69) is 36.9 Å². The lowest BCUT2D eigenvalue weighted by atomic mass is 9.78. The first-order chi connectivity index (χ1) is 11.6. The molecule has 0 saturated heterocycles. The van der Waals surface area contributed by atoms with Crippen molar-refractivity contribution in [2.75, 3.05) is 0 Å². The molecule has 24 heavy (non-hydrogen) atoms. The van der Waals surface area contributed by atoms with Gasteiger partial charge in [0.1, 0.15) is 0 Å². The van der Waals surface area contributed by atoms with E-state index < -0.39 is 0 Å². The van der Waals surface area contributed by atoms with Gasteiger partial charge >= 0.3 is 0 Å². The molecule has 0 aliphatic carbocycles. The first-order valence-electron chi connectivity index (χ1n) is 11.4. The Morgan fingerprint density at radius 3 is 1.42 bits per heavy atom. The normalized spacial score (nSPS) is 13.4. The Morgan fingerprint density at radius 2 is 1.00 bits per heavy atom. The van der Waals surface area contributed by atoms with E-state index in [1.54, 1.807) is 0 Å². The second-order valence-corrected chi connectivity index (χ2v) is 9.34. The highest BCUT2D eigenvalue weighted by molar-refractivity contribution is 7.19. The molecule has 0 amide bonds. The number of unbranched alkanes of at least 4 members (excludes halogenated alkanes) is 9. The summed E-state index contributed by atoms with van der Waals surface area (Å²) < 4.78 is 0. The quantitative estimate of drug-likeness (QED) is 0.170. The lowest BCUT2D eigenvalue weighted by Crippen LogP contribution is -2.31. The largest absolute Gasteiger partial charge is 0.131 e. The highest BCUT2D eigenvalue weighted by atomic mass is 31.0. The van der Waals surface area contributed by atoms with Gasteiger partial charge in [0.2, 0.25) is 0 Å². The molecule has 0 radical (unpaired) electrons. The van der Waals surface area contributed by atoms with Crippen molar-refractivity contribution in [3.8, 4) is 0 Å². The molecule has 0 heterocycles. The molecule has 0 spiro atoms. The van der Waals surface area contributed by atoms with Crippen LogP contribution in [0.5, 0.6) is 0 Å². The minimum absolute atomic E-state index is 0.527. The van der Waals surface area contributed by atoms with E-state index in [1.807, 2.05) is 0 Å². The van der Waals surface area contributed by atoms with Gasteiger partial charge in [0.15, 0.2) is 0 Å². The van der Waals surface area contributed by atoms with Crippen molar-refractivity contribution in [2.45, 2.75) is 142 Å². The summed E-state index contributed by atoms with van der Waals surface area (Å²) in [6, 6.07) is 0. The van der Waals surface area contributed by atoms with Crippen molar-refractivity contribution < 1.29 is 0 Å². The summed E-state index contributed by atoms with van der Waals surface area (Å²) >= 11 is 0. The summed E-state index contributed by atoms with van der Waals surface area (Å²) in [5, 5.41) is 0.527. The maximum Gasteiger partial charge on any atom is -0.0122 e. The Labute approximate surface area is 157 Å². The highest BCUT2D eigenvalue weighted by Crippen LogP contribution is 2.42. The van der Waals surface area contributed by atoms with Crippen LogP contribution in [0, 0.1) is 5.92 Å². The maximum absolute atomic E-state index is 3.31.